The van der Waals surface area contributed by atoms with Crippen molar-refractivity contribution in [1.29, 1.82) is 0 Å². The van der Waals surface area contributed by atoms with E-state index in [-0.39, 0.29) is 24.0 Å². The van der Waals surface area contributed by atoms with Gasteiger partial charge in [-0.1, -0.05) is 0 Å². The van der Waals surface area contributed by atoms with E-state index in [2.05, 4.69) is 48.1 Å². The van der Waals surface area contributed by atoms with Crippen molar-refractivity contribution in [3.63, 3.8) is 0 Å². The Morgan fingerprint density at radius 1 is 1.29 bits per heavy atom. The van der Waals surface area contributed by atoms with Crippen molar-refractivity contribution in [2.75, 3.05) is 54.0 Å². The number of aliphatic imine (C=N–C) groups is 1. The van der Waals surface area contributed by atoms with E-state index in [4.69, 9.17) is 4.74 Å². The summed E-state index contributed by atoms with van der Waals surface area (Å²) in [4.78, 5) is 8.76. The molecule has 0 spiro atoms. The minimum absolute atomic E-state index is 0. The summed E-state index contributed by atoms with van der Waals surface area (Å²) in [5.74, 6) is 1.78. The Balaban J connectivity index is 0.00000400. The molecule has 0 aromatic heterocycles. The van der Waals surface area contributed by atoms with Crippen molar-refractivity contribution in [3.8, 4) is 0 Å². The van der Waals surface area contributed by atoms with Crippen LogP contribution in [0.4, 0.5) is 0 Å². The third kappa shape index (κ3) is 9.52. The highest BCUT2D eigenvalue weighted by Gasteiger charge is 2.21. The number of nitrogens with zero attached hydrogens (tertiary/aromatic N) is 3. The van der Waals surface area contributed by atoms with E-state index >= 15 is 0 Å². The molecule has 5 nitrogen and oxygen atoms in total. The van der Waals surface area contributed by atoms with Gasteiger partial charge in [0, 0.05) is 46.4 Å². The molecule has 0 radical (unpaired) electrons. The molecule has 126 valence electrons. The van der Waals surface area contributed by atoms with Crippen LogP contribution in [0.1, 0.15) is 26.7 Å². The largest absolute Gasteiger partial charge is 0.379 e. The Labute approximate surface area is 147 Å². The van der Waals surface area contributed by atoms with Crippen molar-refractivity contribution in [1.82, 2.24) is 15.1 Å². The Bertz CT molecular complexity index is 295. The van der Waals surface area contributed by atoms with Crippen LogP contribution in [0.15, 0.2) is 4.99 Å². The van der Waals surface area contributed by atoms with Gasteiger partial charge in [-0.25, -0.2) is 0 Å². The fraction of sp³-hybridized carbons (Fsp3) is 0.933. The smallest absolute Gasteiger partial charge is 0.193 e. The van der Waals surface area contributed by atoms with Gasteiger partial charge in [-0.05, 0) is 39.7 Å². The van der Waals surface area contributed by atoms with E-state index in [0.29, 0.717) is 6.04 Å². The fourth-order valence-electron chi connectivity index (χ4n) is 1.83. The fourth-order valence-corrected chi connectivity index (χ4v) is 1.83. The molecule has 0 amide bonds. The zero-order chi connectivity index (χ0) is 15.0. The number of rotatable bonds is 9. The number of nitrogens with one attached hydrogen (secondary N) is 1. The SMILES string of the molecule is CN=C(NCCN(C)C(C)C)N(C)CCOCC1CC1.I. The van der Waals surface area contributed by atoms with Crippen LogP contribution in [-0.2, 0) is 4.74 Å². The summed E-state index contributed by atoms with van der Waals surface area (Å²) in [6, 6.07) is 0.576. The van der Waals surface area contributed by atoms with Gasteiger partial charge in [-0.2, -0.15) is 0 Å². The van der Waals surface area contributed by atoms with E-state index in [1.165, 1.54) is 12.8 Å². The Kier molecular flexibility index (Phi) is 11.4. The van der Waals surface area contributed by atoms with Crippen molar-refractivity contribution in [2.24, 2.45) is 10.9 Å². The second-order valence-corrected chi connectivity index (χ2v) is 5.99. The monoisotopic (exact) mass is 412 g/mol. The first-order valence-corrected chi connectivity index (χ1v) is 7.74. The zero-order valence-corrected chi connectivity index (χ0v) is 16.6. The van der Waals surface area contributed by atoms with Crippen molar-refractivity contribution in [2.45, 2.75) is 32.7 Å². The summed E-state index contributed by atoms with van der Waals surface area (Å²) in [6.07, 6.45) is 2.70. The lowest BCUT2D eigenvalue weighted by molar-refractivity contribution is 0.115. The second kappa shape index (κ2) is 11.5. The molecular weight excluding hydrogens is 379 g/mol. The molecule has 0 aromatic rings. The van der Waals surface area contributed by atoms with Gasteiger partial charge < -0.3 is 19.9 Å². The molecule has 0 unspecified atom stereocenters. The van der Waals surface area contributed by atoms with Gasteiger partial charge in [0.2, 0.25) is 0 Å². The number of halogens is 1. The molecule has 1 aliphatic rings. The van der Waals surface area contributed by atoms with Crippen LogP contribution in [0, 0.1) is 5.92 Å². The zero-order valence-electron chi connectivity index (χ0n) is 14.3. The first kappa shape index (κ1) is 20.9. The Morgan fingerprint density at radius 3 is 2.48 bits per heavy atom. The minimum atomic E-state index is 0. The molecule has 1 saturated carbocycles. The van der Waals surface area contributed by atoms with Crippen molar-refractivity contribution >= 4 is 29.9 Å². The van der Waals surface area contributed by atoms with Gasteiger partial charge in [0.05, 0.1) is 6.61 Å². The second-order valence-electron chi connectivity index (χ2n) is 5.99. The van der Waals surface area contributed by atoms with Gasteiger partial charge in [0.15, 0.2) is 5.96 Å². The van der Waals surface area contributed by atoms with Gasteiger partial charge >= 0.3 is 0 Å². The van der Waals surface area contributed by atoms with Crippen LogP contribution in [-0.4, -0.2) is 75.8 Å². The van der Waals surface area contributed by atoms with Crippen LogP contribution >= 0.6 is 24.0 Å². The third-order valence-corrected chi connectivity index (χ3v) is 3.82. The lowest BCUT2D eigenvalue weighted by Crippen LogP contribution is -2.44. The highest BCUT2D eigenvalue weighted by atomic mass is 127. The molecule has 0 heterocycles. The summed E-state index contributed by atoms with van der Waals surface area (Å²) >= 11 is 0. The molecule has 21 heavy (non-hydrogen) atoms. The summed E-state index contributed by atoms with van der Waals surface area (Å²) in [6.45, 7) is 8.93. The van der Waals surface area contributed by atoms with Crippen LogP contribution in [0.3, 0.4) is 0 Å². The maximum Gasteiger partial charge on any atom is 0.193 e. The average Bonchev–Trinajstić information content (AvgIpc) is 3.23. The molecule has 1 fully saturated rings. The minimum Gasteiger partial charge on any atom is -0.379 e. The first-order valence-electron chi connectivity index (χ1n) is 7.74. The lowest BCUT2D eigenvalue weighted by Gasteiger charge is -2.25. The number of ether oxygens (including phenoxy) is 1. The van der Waals surface area contributed by atoms with Crippen LogP contribution in [0.25, 0.3) is 0 Å². The number of guanidine groups is 1. The van der Waals surface area contributed by atoms with E-state index in [0.717, 1.165) is 44.7 Å². The Hall–Kier alpha value is -0.0800. The van der Waals surface area contributed by atoms with Crippen LogP contribution in [0.2, 0.25) is 0 Å². The molecule has 1 rings (SSSR count). The van der Waals surface area contributed by atoms with E-state index in [9.17, 15) is 0 Å². The molecule has 0 aliphatic heterocycles. The van der Waals surface area contributed by atoms with Gasteiger partial charge in [-0.3, -0.25) is 4.99 Å². The van der Waals surface area contributed by atoms with Crippen molar-refractivity contribution < 1.29 is 4.74 Å². The Morgan fingerprint density at radius 2 is 1.95 bits per heavy atom. The average molecular weight is 412 g/mol. The first-order chi connectivity index (χ1) is 9.54. The topological polar surface area (TPSA) is 40.1 Å². The van der Waals surface area contributed by atoms with Gasteiger partial charge in [-0.15, -0.1) is 24.0 Å². The predicted molar refractivity (Wildman–Crippen MR) is 101 cm³/mol. The maximum atomic E-state index is 5.66. The molecule has 0 atom stereocenters. The predicted octanol–water partition coefficient (Wildman–Crippen LogP) is 1.88. The molecule has 0 saturated heterocycles. The highest BCUT2D eigenvalue weighted by molar-refractivity contribution is 14.0. The summed E-state index contributed by atoms with van der Waals surface area (Å²) in [5.41, 5.74) is 0. The number of hydrogen-bond donors (Lipinski definition) is 1. The summed E-state index contributed by atoms with van der Waals surface area (Å²) in [5, 5.41) is 3.40. The number of likely N-dealkylation sites (N-methyl/N-ethyl adjacent to an activating group) is 2. The number of hydrogen-bond acceptors (Lipinski definition) is 3. The van der Waals surface area contributed by atoms with Gasteiger partial charge in [0.1, 0.15) is 0 Å². The highest BCUT2D eigenvalue weighted by Crippen LogP contribution is 2.28. The molecular formula is C15H33IN4O. The van der Waals surface area contributed by atoms with Crippen LogP contribution < -0.4 is 5.32 Å². The van der Waals surface area contributed by atoms with E-state index in [1.807, 2.05) is 7.05 Å². The summed E-state index contributed by atoms with van der Waals surface area (Å²) < 4.78 is 5.66. The summed E-state index contributed by atoms with van der Waals surface area (Å²) in [7, 11) is 6.03. The van der Waals surface area contributed by atoms with E-state index in [1.54, 1.807) is 0 Å². The molecule has 1 N–H and O–H groups in total. The van der Waals surface area contributed by atoms with Crippen molar-refractivity contribution in [3.05, 3.63) is 0 Å². The molecule has 1 aliphatic carbocycles. The third-order valence-electron chi connectivity index (χ3n) is 3.82. The van der Waals surface area contributed by atoms with E-state index < -0.39 is 0 Å². The van der Waals surface area contributed by atoms with Gasteiger partial charge in [0.25, 0.3) is 0 Å². The normalized spacial score (nSPS) is 15.3. The quantitative estimate of drug-likeness (QED) is 0.272. The lowest BCUT2D eigenvalue weighted by atomic mass is 10.3. The maximum absolute atomic E-state index is 5.66. The molecule has 6 heteroatoms. The molecule has 0 aromatic carbocycles. The standard InChI is InChI=1S/C15H32N4O.HI/c1-13(2)18(4)9-8-17-15(16-3)19(5)10-11-20-12-14-6-7-14;/h13-14H,6-12H2,1-5H3,(H,16,17);1H. The van der Waals surface area contributed by atoms with Crippen LogP contribution in [0.5, 0.6) is 0 Å². The molecule has 0 bridgehead atoms.